The third kappa shape index (κ3) is 2.30. The lowest BCUT2D eigenvalue weighted by Crippen LogP contribution is -2.64. The van der Waals surface area contributed by atoms with Gasteiger partial charge in [0.05, 0.1) is 6.04 Å². The van der Waals surface area contributed by atoms with E-state index in [4.69, 9.17) is 4.42 Å². The highest BCUT2D eigenvalue weighted by atomic mass is 16.4. The van der Waals surface area contributed by atoms with E-state index in [1.807, 2.05) is 6.92 Å². The van der Waals surface area contributed by atoms with E-state index in [-0.39, 0.29) is 30.4 Å². The minimum atomic E-state index is -0.916. The summed E-state index contributed by atoms with van der Waals surface area (Å²) in [7, 11) is 1.77. The van der Waals surface area contributed by atoms with E-state index in [0.717, 1.165) is 0 Å². The number of nitrogens with one attached hydrogen (secondary N) is 2. The monoisotopic (exact) mass is 267 g/mol. The second kappa shape index (κ2) is 4.61. The summed E-state index contributed by atoms with van der Waals surface area (Å²) in [5.41, 5.74) is -0.916. The molecule has 2 heterocycles. The van der Waals surface area contributed by atoms with E-state index in [9.17, 15) is 9.59 Å². The van der Waals surface area contributed by atoms with Crippen molar-refractivity contribution in [3.63, 3.8) is 0 Å². The molecular weight excluding hydrogens is 250 g/mol. The second-order valence-electron chi connectivity index (χ2n) is 4.96. The number of amides is 2. The summed E-state index contributed by atoms with van der Waals surface area (Å²) in [4.78, 5) is 24.8. The van der Waals surface area contributed by atoms with Crippen molar-refractivity contribution in [3.8, 4) is 0 Å². The molecule has 2 rings (SSSR count). The Bertz CT molecular complexity index is 510. The summed E-state index contributed by atoms with van der Waals surface area (Å²) in [6.45, 7) is 5.27. The maximum Gasteiger partial charge on any atom is 0.319 e. The lowest BCUT2D eigenvalue weighted by molar-refractivity contribution is -0.135. The van der Waals surface area contributed by atoms with Gasteiger partial charge in [-0.3, -0.25) is 14.9 Å². The van der Waals surface area contributed by atoms with Crippen LogP contribution >= 0.6 is 0 Å². The molecule has 0 spiro atoms. The number of imide groups is 1. The highest BCUT2D eigenvalue weighted by Crippen LogP contribution is 2.26. The summed E-state index contributed by atoms with van der Waals surface area (Å²) in [6, 6.07) is 0.0731. The van der Waals surface area contributed by atoms with Gasteiger partial charge in [-0.25, -0.2) is 0 Å². The average Bonchev–Trinajstić information content (AvgIpc) is 2.82. The van der Waals surface area contributed by atoms with Gasteiger partial charge in [0.2, 0.25) is 11.8 Å². The van der Waals surface area contributed by atoms with Gasteiger partial charge in [-0.15, -0.1) is 5.10 Å². The number of carbonyl (C=O) groups excluding carboxylic acids is 2. The van der Waals surface area contributed by atoms with Crippen LogP contribution in [0.1, 0.15) is 32.7 Å². The van der Waals surface area contributed by atoms with Gasteiger partial charge in [0.25, 0.3) is 5.91 Å². The highest BCUT2D eigenvalue weighted by molar-refractivity contribution is 6.06. The molecule has 1 aliphatic heterocycles. The number of hydrogen-bond acceptors (Lipinski definition) is 7. The third-order valence-corrected chi connectivity index (χ3v) is 3.25. The zero-order valence-corrected chi connectivity index (χ0v) is 11.4. The van der Waals surface area contributed by atoms with Gasteiger partial charge >= 0.3 is 6.01 Å². The molecule has 2 amide bonds. The number of aromatic nitrogens is 2. The molecule has 1 aromatic heterocycles. The van der Waals surface area contributed by atoms with Crippen LogP contribution in [0.3, 0.4) is 0 Å². The number of anilines is 1. The molecule has 0 aliphatic carbocycles. The second-order valence-corrected chi connectivity index (χ2v) is 4.96. The first-order valence-electron chi connectivity index (χ1n) is 5.99. The van der Waals surface area contributed by atoms with E-state index in [1.165, 1.54) is 4.90 Å². The molecule has 1 aromatic rings. The largest absolute Gasteiger partial charge is 0.406 e. The molecular formula is C11H17N5O3. The zero-order chi connectivity index (χ0) is 14.2. The predicted molar refractivity (Wildman–Crippen MR) is 66.3 cm³/mol. The van der Waals surface area contributed by atoms with Gasteiger partial charge in [-0.2, -0.15) is 0 Å². The smallest absolute Gasteiger partial charge is 0.319 e. The molecule has 1 saturated heterocycles. The topological polar surface area (TPSA) is 100 Å². The first-order chi connectivity index (χ1) is 8.86. The molecule has 2 N–H and O–H groups in total. The van der Waals surface area contributed by atoms with Crippen molar-refractivity contribution >= 4 is 17.8 Å². The number of rotatable bonds is 3. The molecule has 8 nitrogen and oxygen atoms in total. The van der Waals surface area contributed by atoms with Crippen LogP contribution < -0.4 is 15.5 Å². The standard InChI is InChI=1S/C11H17N5O3/c1-6(12-4)8-14-15-10(19-8)16-5-7(17)13-9(18)11(16,2)3/h6,12H,5H2,1-4H3,(H,13,17,18). The van der Waals surface area contributed by atoms with Crippen molar-refractivity contribution in [1.82, 2.24) is 20.8 Å². The van der Waals surface area contributed by atoms with Crippen molar-refractivity contribution in [3.05, 3.63) is 5.89 Å². The quantitative estimate of drug-likeness (QED) is 0.718. The third-order valence-electron chi connectivity index (χ3n) is 3.25. The SMILES string of the molecule is CNC(C)c1nnc(N2CC(=O)NC(=O)C2(C)C)o1. The highest BCUT2D eigenvalue weighted by Gasteiger charge is 2.43. The molecule has 1 atom stereocenters. The summed E-state index contributed by atoms with van der Waals surface area (Å²) in [5, 5.41) is 13.1. The summed E-state index contributed by atoms with van der Waals surface area (Å²) < 4.78 is 5.52. The Morgan fingerprint density at radius 1 is 1.42 bits per heavy atom. The molecule has 8 heteroatoms. The molecule has 1 aliphatic rings. The Kier molecular flexibility index (Phi) is 3.27. The Morgan fingerprint density at radius 2 is 2.11 bits per heavy atom. The maximum absolute atomic E-state index is 11.8. The lowest BCUT2D eigenvalue weighted by Gasteiger charge is -2.38. The van der Waals surface area contributed by atoms with Gasteiger partial charge < -0.3 is 14.6 Å². The number of nitrogens with zero attached hydrogens (tertiary/aromatic N) is 3. The Labute approximate surface area is 110 Å². The van der Waals surface area contributed by atoms with Crippen molar-refractivity contribution in [2.45, 2.75) is 32.4 Å². The minimum absolute atomic E-state index is 0.00824. The number of carbonyl (C=O) groups is 2. The Hall–Kier alpha value is -1.96. The molecule has 1 fully saturated rings. The Balaban J connectivity index is 2.31. The molecule has 0 saturated carbocycles. The van der Waals surface area contributed by atoms with Gasteiger partial charge in [-0.1, -0.05) is 5.10 Å². The van der Waals surface area contributed by atoms with Crippen LogP contribution in [0, 0.1) is 0 Å². The zero-order valence-electron chi connectivity index (χ0n) is 11.4. The van der Waals surface area contributed by atoms with E-state index >= 15 is 0 Å². The Morgan fingerprint density at radius 3 is 2.74 bits per heavy atom. The van der Waals surface area contributed by atoms with Crippen molar-refractivity contribution in [2.75, 3.05) is 18.5 Å². The molecule has 0 aromatic carbocycles. The normalized spacial score (nSPS) is 20.3. The minimum Gasteiger partial charge on any atom is -0.406 e. The molecule has 19 heavy (non-hydrogen) atoms. The fourth-order valence-corrected chi connectivity index (χ4v) is 1.72. The van der Waals surface area contributed by atoms with Crippen LogP contribution in [0.2, 0.25) is 0 Å². The maximum atomic E-state index is 11.8. The first-order valence-corrected chi connectivity index (χ1v) is 5.99. The van der Waals surface area contributed by atoms with E-state index in [1.54, 1.807) is 20.9 Å². The number of hydrogen-bond donors (Lipinski definition) is 2. The molecule has 0 radical (unpaired) electrons. The van der Waals surface area contributed by atoms with Gasteiger partial charge in [0.15, 0.2) is 0 Å². The van der Waals surface area contributed by atoms with E-state index in [0.29, 0.717) is 5.89 Å². The fourth-order valence-electron chi connectivity index (χ4n) is 1.72. The van der Waals surface area contributed by atoms with E-state index < -0.39 is 5.54 Å². The van der Waals surface area contributed by atoms with E-state index in [2.05, 4.69) is 20.8 Å². The molecule has 104 valence electrons. The van der Waals surface area contributed by atoms with Crippen molar-refractivity contribution in [1.29, 1.82) is 0 Å². The van der Waals surface area contributed by atoms with Gasteiger partial charge in [0, 0.05) is 0 Å². The average molecular weight is 267 g/mol. The first kappa shape index (κ1) is 13.5. The van der Waals surface area contributed by atoms with Crippen molar-refractivity contribution < 1.29 is 14.0 Å². The van der Waals surface area contributed by atoms with Gasteiger partial charge in [0.1, 0.15) is 12.1 Å². The van der Waals surface area contributed by atoms with Crippen LogP contribution in [0.4, 0.5) is 6.01 Å². The number of piperazine rings is 1. The molecule has 1 unspecified atom stereocenters. The van der Waals surface area contributed by atoms with Crippen LogP contribution in [-0.2, 0) is 9.59 Å². The summed E-state index contributed by atoms with van der Waals surface area (Å²) in [6.07, 6.45) is 0. The van der Waals surface area contributed by atoms with Crippen LogP contribution in [0.15, 0.2) is 4.42 Å². The fraction of sp³-hybridized carbons (Fsp3) is 0.636. The van der Waals surface area contributed by atoms with Crippen LogP contribution in [-0.4, -0.2) is 41.1 Å². The van der Waals surface area contributed by atoms with Crippen molar-refractivity contribution in [2.24, 2.45) is 0 Å². The summed E-state index contributed by atoms with van der Waals surface area (Å²) >= 11 is 0. The lowest BCUT2D eigenvalue weighted by atomic mass is 9.99. The van der Waals surface area contributed by atoms with Crippen LogP contribution in [0.25, 0.3) is 0 Å². The molecule has 0 bridgehead atoms. The summed E-state index contributed by atoms with van der Waals surface area (Å²) in [5.74, 6) is -0.359. The van der Waals surface area contributed by atoms with Crippen LogP contribution in [0.5, 0.6) is 0 Å². The van der Waals surface area contributed by atoms with Gasteiger partial charge in [-0.05, 0) is 27.8 Å². The predicted octanol–water partition coefficient (Wildman–Crippen LogP) is -0.409.